The van der Waals surface area contributed by atoms with Crippen LogP contribution in [0.2, 0.25) is 0 Å². The van der Waals surface area contributed by atoms with E-state index in [0.29, 0.717) is 6.54 Å². The third-order valence-corrected chi connectivity index (χ3v) is 1.80. The molecule has 1 heterocycles. The van der Waals surface area contributed by atoms with Crippen molar-refractivity contribution in [2.24, 2.45) is 5.11 Å². The molecule has 0 atom stereocenters. The zero-order valence-corrected chi connectivity index (χ0v) is 7.24. The summed E-state index contributed by atoms with van der Waals surface area (Å²) >= 11 is 1.56. The summed E-state index contributed by atoms with van der Waals surface area (Å²) in [6.07, 6.45) is 4.63. The van der Waals surface area contributed by atoms with E-state index < -0.39 is 0 Å². The van der Waals surface area contributed by atoms with Crippen LogP contribution >= 0.6 is 11.3 Å². The predicted octanol–water partition coefficient (Wildman–Crippen LogP) is 2.86. The molecule has 62 valence electrons. The van der Waals surface area contributed by atoms with Crippen molar-refractivity contribution in [3.8, 4) is 0 Å². The van der Waals surface area contributed by atoms with E-state index in [4.69, 9.17) is 5.53 Å². The van der Waals surface area contributed by atoms with E-state index in [1.54, 1.807) is 16.8 Å². The Labute approximate surface area is 74.2 Å². The molecule has 0 saturated heterocycles. The topological polar surface area (TPSA) is 61.7 Å². The molecule has 0 amide bonds. The van der Waals surface area contributed by atoms with Crippen molar-refractivity contribution in [2.75, 3.05) is 6.54 Å². The summed E-state index contributed by atoms with van der Waals surface area (Å²) in [5.41, 5.74) is 10.7. The van der Waals surface area contributed by atoms with Crippen LogP contribution in [0.1, 0.15) is 12.1 Å². The maximum absolute atomic E-state index is 7.97. The second-order valence-corrected chi connectivity index (χ2v) is 2.78. The predicted molar refractivity (Wildman–Crippen MR) is 49.8 cm³/mol. The van der Waals surface area contributed by atoms with Crippen LogP contribution in [0.4, 0.5) is 0 Å². The van der Waals surface area contributed by atoms with E-state index in [9.17, 15) is 0 Å². The number of hydrogen-bond acceptors (Lipinski definition) is 3. The molecule has 0 saturated carbocycles. The van der Waals surface area contributed by atoms with Gasteiger partial charge in [0, 0.05) is 16.8 Å². The standard InChI is InChI=1S/C7H8N4S/c8-11-10-4-2-1-3-7-5-12-6-9-7/h1,3,5-6H,2,4H2. The highest BCUT2D eigenvalue weighted by Gasteiger charge is 1.84. The van der Waals surface area contributed by atoms with Gasteiger partial charge < -0.3 is 0 Å². The molecule has 1 aromatic heterocycles. The molecule has 0 fully saturated rings. The largest absolute Gasteiger partial charge is 0.245 e. The lowest BCUT2D eigenvalue weighted by Crippen LogP contribution is -1.73. The average Bonchev–Trinajstić information content (AvgIpc) is 2.57. The smallest absolute Gasteiger partial charge is 0.0798 e. The SMILES string of the molecule is [N-]=[N+]=NCCC=Cc1cscn1. The van der Waals surface area contributed by atoms with Crippen molar-refractivity contribution >= 4 is 17.4 Å². The lowest BCUT2D eigenvalue weighted by Gasteiger charge is -1.82. The van der Waals surface area contributed by atoms with E-state index in [2.05, 4.69) is 15.0 Å². The number of thiazole rings is 1. The van der Waals surface area contributed by atoms with Gasteiger partial charge in [-0.2, -0.15) is 0 Å². The summed E-state index contributed by atoms with van der Waals surface area (Å²) in [6.45, 7) is 0.511. The number of azide groups is 1. The van der Waals surface area contributed by atoms with E-state index in [0.717, 1.165) is 12.1 Å². The van der Waals surface area contributed by atoms with Crippen LogP contribution in [0, 0.1) is 0 Å². The van der Waals surface area contributed by atoms with Crippen LogP contribution in [-0.2, 0) is 0 Å². The maximum Gasteiger partial charge on any atom is 0.0798 e. The normalized spacial score (nSPS) is 10.0. The van der Waals surface area contributed by atoms with Gasteiger partial charge in [0.15, 0.2) is 0 Å². The zero-order chi connectivity index (χ0) is 8.65. The van der Waals surface area contributed by atoms with Crippen LogP contribution in [-0.4, -0.2) is 11.5 Å². The van der Waals surface area contributed by atoms with E-state index in [1.807, 2.05) is 17.5 Å². The summed E-state index contributed by atoms with van der Waals surface area (Å²) in [7, 11) is 0. The minimum absolute atomic E-state index is 0.511. The monoisotopic (exact) mass is 180 g/mol. The molecule has 0 unspecified atom stereocenters. The Hall–Kier alpha value is -1.32. The Bertz CT molecular complexity index is 284. The molecule has 12 heavy (non-hydrogen) atoms. The van der Waals surface area contributed by atoms with Gasteiger partial charge in [0.25, 0.3) is 0 Å². The molecule has 0 radical (unpaired) electrons. The zero-order valence-electron chi connectivity index (χ0n) is 6.42. The number of nitrogens with zero attached hydrogens (tertiary/aromatic N) is 4. The summed E-state index contributed by atoms with van der Waals surface area (Å²) < 4.78 is 0. The highest BCUT2D eigenvalue weighted by molar-refractivity contribution is 7.07. The molecule has 0 aliphatic heterocycles. The minimum atomic E-state index is 0.511. The van der Waals surface area contributed by atoms with Crippen molar-refractivity contribution < 1.29 is 0 Å². The van der Waals surface area contributed by atoms with Crippen molar-refractivity contribution in [2.45, 2.75) is 6.42 Å². The molecular formula is C7H8N4S. The van der Waals surface area contributed by atoms with Crippen molar-refractivity contribution in [1.29, 1.82) is 0 Å². The second kappa shape index (κ2) is 5.35. The van der Waals surface area contributed by atoms with Crippen LogP contribution in [0.5, 0.6) is 0 Å². The van der Waals surface area contributed by atoms with Gasteiger partial charge in [-0.05, 0) is 18.0 Å². The molecule has 0 aliphatic rings. The van der Waals surface area contributed by atoms with E-state index >= 15 is 0 Å². The summed E-state index contributed by atoms with van der Waals surface area (Å²) in [5, 5.41) is 5.36. The first-order chi connectivity index (χ1) is 5.93. The lowest BCUT2D eigenvalue weighted by molar-refractivity contribution is 0.995. The number of aromatic nitrogens is 1. The van der Waals surface area contributed by atoms with Gasteiger partial charge in [-0.15, -0.1) is 11.3 Å². The van der Waals surface area contributed by atoms with E-state index in [-0.39, 0.29) is 0 Å². The fraction of sp³-hybridized carbons (Fsp3) is 0.286. The van der Waals surface area contributed by atoms with Crippen molar-refractivity contribution in [3.05, 3.63) is 33.1 Å². The third-order valence-electron chi connectivity index (χ3n) is 1.20. The summed E-state index contributed by atoms with van der Waals surface area (Å²) in [4.78, 5) is 6.71. The van der Waals surface area contributed by atoms with Crippen LogP contribution in [0.15, 0.2) is 22.1 Å². The Morgan fingerprint density at radius 1 is 1.75 bits per heavy atom. The van der Waals surface area contributed by atoms with E-state index in [1.165, 1.54) is 0 Å². The Morgan fingerprint density at radius 3 is 3.33 bits per heavy atom. The van der Waals surface area contributed by atoms with Gasteiger partial charge >= 0.3 is 0 Å². The van der Waals surface area contributed by atoms with Gasteiger partial charge in [-0.25, -0.2) is 4.98 Å². The number of hydrogen-bond donors (Lipinski definition) is 0. The van der Waals surface area contributed by atoms with Gasteiger partial charge in [0.1, 0.15) is 0 Å². The van der Waals surface area contributed by atoms with Crippen LogP contribution in [0.3, 0.4) is 0 Å². The van der Waals surface area contributed by atoms with Crippen molar-refractivity contribution in [3.63, 3.8) is 0 Å². The molecule has 0 aliphatic carbocycles. The van der Waals surface area contributed by atoms with Gasteiger partial charge in [0.2, 0.25) is 0 Å². The number of rotatable bonds is 4. The first-order valence-electron chi connectivity index (χ1n) is 3.49. The second-order valence-electron chi connectivity index (χ2n) is 2.06. The molecule has 1 rings (SSSR count). The average molecular weight is 180 g/mol. The molecule has 0 N–H and O–H groups in total. The maximum atomic E-state index is 7.97. The molecule has 1 aromatic rings. The molecule has 4 nitrogen and oxygen atoms in total. The van der Waals surface area contributed by atoms with Crippen molar-refractivity contribution in [1.82, 2.24) is 4.98 Å². The summed E-state index contributed by atoms with van der Waals surface area (Å²) in [5.74, 6) is 0. The Kier molecular flexibility index (Phi) is 3.91. The molecule has 0 bridgehead atoms. The Balaban J connectivity index is 2.27. The van der Waals surface area contributed by atoms with Gasteiger partial charge in [0.05, 0.1) is 11.2 Å². The molecular weight excluding hydrogens is 172 g/mol. The van der Waals surface area contributed by atoms with Crippen LogP contribution in [0.25, 0.3) is 16.5 Å². The fourth-order valence-corrected chi connectivity index (χ4v) is 1.21. The molecule has 5 heteroatoms. The fourth-order valence-electron chi connectivity index (χ4n) is 0.685. The third kappa shape index (κ3) is 3.18. The lowest BCUT2D eigenvalue weighted by atomic mass is 10.3. The highest BCUT2D eigenvalue weighted by atomic mass is 32.1. The highest BCUT2D eigenvalue weighted by Crippen LogP contribution is 2.03. The summed E-state index contributed by atoms with van der Waals surface area (Å²) in [6, 6.07) is 0. The minimum Gasteiger partial charge on any atom is -0.245 e. The van der Waals surface area contributed by atoms with Gasteiger partial charge in [-0.3, -0.25) is 0 Å². The molecule has 0 aromatic carbocycles. The first-order valence-corrected chi connectivity index (χ1v) is 4.43. The Morgan fingerprint density at radius 2 is 2.67 bits per heavy atom. The van der Waals surface area contributed by atoms with Gasteiger partial charge in [-0.1, -0.05) is 11.2 Å². The quantitative estimate of drug-likeness (QED) is 0.304. The first kappa shape index (κ1) is 8.77. The van der Waals surface area contributed by atoms with Crippen LogP contribution < -0.4 is 0 Å². The molecule has 0 spiro atoms.